The van der Waals surface area contributed by atoms with Crippen molar-refractivity contribution >= 4 is 35.5 Å². The van der Waals surface area contributed by atoms with Gasteiger partial charge in [0.2, 0.25) is 0 Å². The third-order valence-electron chi connectivity index (χ3n) is 5.69. The molecule has 2 N–H and O–H groups in total. The maximum absolute atomic E-state index is 10.8. The van der Waals surface area contributed by atoms with Gasteiger partial charge in [-0.05, 0) is 0 Å². The molecular weight excluding hydrogens is 630 g/mol. The first kappa shape index (κ1) is 22.1. The molecule has 1 aliphatic heterocycles. The summed E-state index contributed by atoms with van der Waals surface area (Å²) < 4.78 is 6.71. The first-order chi connectivity index (χ1) is 15.6. The van der Waals surface area contributed by atoms with Crippen LogP contribution in [-0.4, -0.2) is 46.4 Å². The molecule has 166 valence electrons. The summed E-state index contributed by atoms with van der Waals surface area (Å²) in [7, 11) is 0. The Morgan fingerprint density at radius 3 is 2.47 bits per heavy atom. The number of aromatic amines is 1. The molecule has 6 nitrogen and oxygen atoms in total. The van der Waals surface area contributed by atoms with Gasteiger partial charge < -0.3 is 0 Å². The Kier molecular flexibility index (Phi) is 6.63. The number of H-pyrrole nitrogens is 1. The minimum atomic E-state index is -0.807. The summed E-state index contributed by atoms with van der Waals surface area (Å²) in [6, 6.07) is 18.6. The minimum absolute atomic E-state index is 0.218. The van der Waals surface area contributed by atoms with E-state index in [0.29, 0.717) is 11.5 Å². The molecule has 1 atom stereocenters. The van der Waals surface area contributed by atoms with Crippen LogP contribution in [0.1, 0.15) is 23.1 Å². The van der Waals surface area contributed by atoms with Crippen molar-refractivity contribution in [2.24, 2.45) is 0 Å². The van der Waals surface area contributed by atoms with Crippen molar-refractivity contribution in [1.29, 1.82) is 0 Å². The van der Waals surface area contributed by atoms with Gasteiger partial charge >= 0.3 is 208 Å². The first-order valence-corrected chi connectivity index (χ1v) is 17.8. The van der Waals surface area contributed by atoms with Gasteiger partial charge in [-0.2, -0.15) is 0 Å². The molecule has 2 aromatic heterocycles. The molecule has 8 heteroatoms. The number of morpholine rings is 1. The predicted molar refractivity (Wildman–Crippen MR) is 130 cm³/mol. The van der Waals surface area contributed by atoms with Gasteiger partial charge in [0.05, 0.1) is 0 Å². The predicted octanol–water partition coefficient (Wildman–Crippen LogP) is 1.46. The van der Waals surface area contributed by atoms with Crippen LogP contribution < -0.4 is 22.1 Å². The van der Waals surface area contributed by atoms with E-state index < -0.39 is 6.10 Å². The molecule has 0 aliphatic carbocycles. The van der Waals surface area contributed by atoms with Crippen LogP contribution in [-0.2, 0) is 4.74 Å². The number of rotatable bonds is 5. The number of fused-ring (bicyclic) bond motifs is 1. The number of aromatic nitrogens is 3. The topological polar surface area (TPSA) is 74.3 Å². The van der Waals surface area contributed by atoms with E-state index in [-0.39, 0.29) is 17.2 Å². The van der Waals surface area contributed by atoms with E-state index in [0.717, 1.165) is 54.2 Å². The van der Waals surface area contributed by atoms with E-state index >= 15 is 0 Å². The van der Waals surface area contributed by atoms with Gasteiger partial charge in [0.15, 0.2) is 0 Å². The SMILES string of the molecule is Cc1ccc(C(O)c2nc3nc(-c4ccc(N5CCOCC5)cc4)c([I-]I)cc3[nH]2)cc1. The summed E-state index contributed by atoms with van der Waals surface area (Å²) in [5.41, 5.74) is 6.77. The molecule has 0 saturated carbocycles. The molecule has 3 heterocycles. The molecule has 0 bridgehead atoms. The van der Waals surface area contributed by atoms with Crippen molar-refractivity contribution in [1.82, 2.24) is 15.0 Å². The Bertz CT molecular complexity index is 1220. The summed E-state index contributed by atoms with van der Waals surface area (Å²) in [5, 5.41) is 10.8. The van der Waals surface area contributed by atoms with Crippen molar-refractivity contribution in [3.8, 4) is 11.3 Å². The third kappa shape index (κ3) is 4.50. The molecule has 2 aromatic carbocycles. The second-order valence-corrected chi connectivity index (χ2v) is 12.1. The van der Waals surface area contributed by atoms with Crippen LogP contribution in [0.3, 0.4) is 0 Å². The van der Waals surface area contributed by atoms with E-state index in [9.17, 15) is 5.11 Å². The first-order valence-electron chi connectivity index (χ1n) is 10.5. The van der Waals surface area contributed by atoms with Gasteiger partial charge in [-0.25, -0.2) is 0 Å². The Hall–Kier alpha value is -1.76. The number of nitrogens with zero attached hydrogens (tertiary/aromatic N) is 3. The zero-order valence-electron chi connectivity index (χ0n) is 17.6. The molecule has 0 amide bonds. The van der Waals surface area contributed by atoms with E-state index in [1.54, 1.807) is 0 Å². The summed E-state index contributed by atoms with van der Waals surface area (Å²) in [4.78, 5) is 15.2. The molecule has 32 heavy (non-hydrogen) atoms. The molecule has 1 aliphatic rings. The number of pyridine rings is 1. The molecule has 1 fully saturated rings. The van der Waals surface area contributed by atoms with E-state index in [2.05, 4.69) is 63.8 Å². The summed E-state index contributed by atoms with van der Waals surface area (Å²) in [6.45, 7) is 5.43. The van der Waals surface area contributed by atoms with Crippen LogP contribution >= 0.6 is 18.6 Å². The monoisotopic (exact) mass is 653 g/mol. The molecule has 1 saturated heterocycles. The molecule has 1 unspecified atom stereocenters. The number of anilines is 1. The Labute approximate surface area is 206 Å². The second-order valence-electron chi connectivity index (χ2n) is 7.84. The Balaban J connectivity index is 1.47. The number of ether oxygens (including phenoxy) is 1. The average Bonchev–Trinajstić information content (AvgIpc) is 3.27. The number of aryl methyl sites for hydroxylation is 1. The third-order valence-corrected chi connectivity index (χ3v) is 9.90. The number of hydrogen-bond acceptors (Lipinski definition) is 5. The van der Waals surface area contributed by atoms with E-state index in [1.807, 2.05) is 31.2 Å². The van der Waals surface area contributed by atoms with Crippen LogP contribution in [0.15, 0.2) is 54.6 Å². The van der Waals surface area contributed by atoms with Crippen molar-refractivity contribution in [3.05, 3.63) is 75.1 Å². The van der Waals surface area contributed by atoms with Crippen LogP contribution in [0, 0.1) is 10.5 Å². The summed E-state index contributed by atoms with van der Waals surface area (Å²) in [5.74, 6) is 0.522. The van der Waals surface area contributed by atoms with Gasteiger partial charge in [-0.15, -0.1) is 0 Å². The van der Waals surface area contributed by atoms with Crippen molar-refractivity contribution < 1.29 is 27.1 Å². The fourth-order valence-corrected chi connectivity index (χ4v) is 7.02. The van der Waals surface area contributed by atoms with Gasteiger partial charge in [0.1, 0.15) is 0 Å². The number of imidazole rings is 1. The Morgan fingerprint density at radius 2 is 1.78 bits per heavy atom. The summed E-state index contributed by atoms with van der Waals surface area (Å²) >= 11 is 2.26. The second kappa shape index (κ2) is 9.62. The fraction of sp³-hybridized carbons (Fsp3) is 0.250. The number of hydrogen-bond donors (Lipinski definition) is 2. The van der Waals surface area contributed by atoms with Gasteiger partial charge in [0, 0.05) is 0 Å². The normalized spacial score (nSPS) is 15.4. The number of aliphatic hydroxyl groups excluding tert-OH is 1. The zero-order valence-corrected chi connectivity index (χ0v) is 21.9. The number of nitrogens with one attached hydrogen (secondary N) is 1. The fourth-order valence-electron chi connectivity index (χ4n) is 3.88. The molecular formula is C24H23I2N4O2-. The van der Waals surface area contributed by atoms with Gasteiger partial charge in [0.25, 0.3) is 0 Å². The van der Waals surface area contributed by atoms with Crippen LogP contribution in [0.2, 0.25) is 0 Å². The quantitative estimate of drug-likeness (QED) is 0.320. The van der Waals surface area contributed by atoms with Crippen LogP contribution in [0.25, 0.3) is 22.4 Å². The maximum atomic E-state index is 10.8. The molecule has 5 rings (SSSR count). The molecule has 0 radical (unpaired) electrons. The molecule has 4 aromatic rings. The zero-order chi connectivity index (χ0) is 22.1. The van der Waals surface area contributed by atoms with Crippen molar-refractivity contribution in [3.63, 3.8) is 0 Å². The number of halogens is 2. The van der Waals surface area contributed by atoms with Crippen LogP contribution in [0.5, 0.6) is 0 Å². The van der Waals surface area contributed by atoms with Gasteiger partial charge in [-0.1, -0.05) is 0 Å². The summed E-state index contributed by atoms with van der Waals surface area (Å²) in [6.07, 6.45) is -0.807. The molecule has 0 spiro atoms. The van der Waals surface area contributed by atoms with Gasteiger partial charge in [-0.3, -0.25) is 0 Å². The number of benzene rings is 2. The van der Waals surface area contributed by atoms with Crippen molar-refractivity contribution in [2.45, 2.75) is 13.0 Å². The number of aliphatic hydroxyl groups is 1. The Morgan fingerprint density at radius 1 is 1.06 bits per heavy atom. The standard InChI is InChI=1S/C24H23I2N4O2/c1-15-2-4-17(5-3-15)22(31)24-27-20-14-19(26-25)21(28-23(20)29-24)16-6-8-18(9-7-16)30-10-12-32-13-11-30/h2-9,14,22,31H,10-13H2,1H3,(H,27,28,29)/q-1. The average molecular weight is 653 g/mol. The van der Waals surface area contributed by atoms with Crippen LogP contribution in [0.4, 0.5) is 5.69 Å². The van der Waals surface area contributed by atoms with E-state index in [1.165, 1.54) is 9.26 Å². The van der Waals surface area contributed by atoms with Crippen molar-refractivity contribution in [2.75, 3.05) is 31.2 Å². The van der Waals surface area contributed by atoms with E-state index in [4.69, 9.17) is 9.72 Å².